The Kier molecular flexibility index (Phi) is 7.11. The van der Waals surface area contributed by atoms with Crippen LogP contribution in [0.4, 0.5) is 15.1 Å². The zero-order valence-electron chi connectivity index (χ0n) is 18.0. The molecule has 4 rings (SSSR count). The number of rotatable bonds is 6. The number of amides is 2. The second kappa shape index (κ2) is 10.2. The Hall–Kier alpha value is -3.15. The maximum Gasteiger partial charge on any atom is 0.258 e. The Morgan fingerprint density at radius 3 is 2.70 bits per heavy atom. The first-order chi connectivity index (χ1) is 16.0. The summed E-state index contributed by atoms with van der Waals surface area (Å²) in [5, 5.41) is 15.4. The van der Waals surface area contributed by atoms with Gasteiger partial charge in [0.1, 0.15) is 16.9 Å². The van der Waals surface area contributed by atoms with Crippen molar-refractivity contribution in [1.82, 2.24) is 0 Å². The summed E-state index contributed by atoms with van der Waals surface area (Å²) >= 11 is 2.85. The molecule has 8 heteroatoms. The maximum atomic E-state index is 13.9. The van der Waals surface area contributed by atoms with Crippen molar-refractivity contribution in [3.05, 3.63) is 75.9 Å². The van der Waals surface area contributed by atoms with Gasteiger partial charge in [-0.05, 0) is 68.5 Å². The van der Waals surface area contributed by atoms with Crippen molar-refractivity contribution in [1.29, 1.82) is 5.26 Å². The third-order valence-electron chi connectivity index (χ3n) is 5.41. The van der Waals surface area contributed by atoms with Crippen molar-refractivity contribution in [2.24, 2.45) is 0 Å². The molecule has 0 bridgehead atoms. The molecule has 1 heterocycles. The number of hydrogen-bond acceptors (Lipinski definition) is 5. The normalized spacial score (nSPS) is 13.5. The van der Waals surface area contributed by atoms with Gasteiger partial charge in [-0.15, -0.1) is 23.1 Å². The molecule has 0 saturated carbocycles. The molecule has 168 valence electrons. The van der Waals surface area contributed by atoms with Gasteiger partial charge in [-0.3, -0.25) is 9.59 Å². The molecule has 0 fully saturated rings. The van der Waals surface area contributed by atoms with Crippen LogP contribution in [0.3, 0.4) is 0 Å². The summed E-state index contributed by atoms with van der Waals surface area (Å²) in [6.45, 7) is 1.80. The van der Waals surface area contributed by atoms with Crippen LogP contribution < -0.4 is 10.6 Å². The van der Waals surface area contributed by atoms with Crippen molar-refractivity contribution < 1.29 is 14.0 Å². The van der Waals surface area contributed by atoms with E-state index in [0.29, 0.717) is 16.3 Å². The lowest BCUT2D eigenvalue weighted by Gasteiger charge is -2.13. The molecule has 33 heavy (non-hydrogen) atoms. The summed E-state index contributed by atoms with van der Waals surface area (Å²) in [4.78, 5) is 27.2. The zero-order chi connectivity index (χ0) is 23.4. The largest absolute Gasteiger partial charge is 0.322 e. The van der Waals surface area contributed by atoms with Gasteiger partial charge in [-0.25, -0.2) is 4.39 Å². The number of carbonyl (C=O) groups excluding carboxylic acids is 2. The standard InChI is InChI=1S/C25H22FN3O2S2/c1-15(23(30)29-25-20(14-27)18-9-3-5-12-22(18)33-25)32-17-8-6-7-16(13-17)28-24(31)19-10-2-4-11-21(19)26/h2,4,6-8,10-11,13,15H,3,5,9,12H2,1H3,(H,28,31)(H,29,30). The molecule has 5 nitrogen and oxygen atoms in total. The number of aryl methyl sites for hydroxylation is 1. The average Bonchev–Trinajstić information content (AvgIpc) is 3.16. The molecule has 0 saturated heterocycles. The molecule has 1 unspecified atom stereocenters. The third kappa shape index (κ3) is 5.27. The van der Waals surface area contributed by atoms with Crippen LogP contribution in [0.25, 0.3) is 0 Å². The number of benzene rings is 2. The summed E-state index contributed by atoms with van der Waals surface area (Å²) in [5.74, 6) is -1.31. The first-order valence-corrected chi connectivity index (χ1v) is 12.3. The van der Waals surface area contributed by atoms with E-state index in [2.05, 4.69) is 16.7 Å². The summed E-state index contributed by atoms with van der Waals surface area (Å²) in [5.41, 5.74) is 2.16. The molecule has 3 aromatic rings. The van der Waals surface area contributed by atoms with Crippen LogP contribution in [0.5, 0.6) is 0 Å². The van der Waals surface area contributed by atoms with Gasteiger partial charge >= 0.3 is 0 Å². The van der Waals surface area contributed by atoms with E-state index in [1.54, 1.807) is 31.2 Å². The number of hydrogen-bond donors (Lipinski definition) is 2. The van der Waals surface area contributed by atoms with E-state index in [1.165, 1.54) is 46.2 Å². The second-order valence-electron chi connectivity index (χ2n) is 7.74. The molecule has 2 N–H and O–H groups in total. The van der Waals surface area contributed by atoms with E-state index in [1.807, 2.05) is 6.07 Å². The van der Waals surface area contributed by atoms with Gasteiger partial charge in [0.25, 0.3) is 5.91 Å². The van der Waals surface area contributed by atoms with E-state index in [4.69, 9.17) is 0 Å². The number of anilines is 2. The second-order valence-corrected chi connectivity index (χ2v) is 10.3. The highest BCUT2D eigenvalue weighted by molar-refractivity contribution is 8.00. The van der Waals surface area contributed by atoms with Crippen LogP contribution in [0.2, 0.25) is 0 Å². The van der Waals surface area contributed by atoms with Crippen LogP contribution in [0.15, 0.2) is 53.4 Å². The summed E-state index contributed by atoms with van der Waals surface area (Å²) in [7, 11) is 0. The molecule has 1 aliphatic rings. The fourth-order valence-corrected chi connectivity index (χ4v) is 5.90. The van der Waals surface area contributed by atoms with Gasteiger partial charge < -0.3 is 10.6 Å². The maximum absolute atomic E-state index is 13.9. The van der Waals surface area contributed by atoms with Crippen LogP contribution in [0, 0.1) is 17.1 Å². The minimum Gasteiger partial charge on any atom is -0.322 e. The van der Waals surface area contributed by atoms with Gasteiger partial charge in [-0.1, -0.05) is 18.2 Å². The molecule has 1 atom stereocenters. The predicted molar refractivity (Wildman–Crippen MR) is 130 cm³/mol. The highest BCUT2D eigenvalue weighted by Crippen LogP contribution is 2.38. The number of nitriles is 1. The smallest absolute Gasteiger partial charge is 0.258 e. The van der Waals surface area contributed by atoms with E-state index >= 15 is 0 Å². The first-order valence-electron chi connectivity index (χ1n) is 10.6. The zero-order valence-corrected chi connectivity index (χ0v) is 19.6. The quantitative estimate of drug-likeness (QED) is 0.424. The molecule has 1 aromatic heterocycles. The molecule has 2 aromatic carbocycles. The number of thiophene rings is 1. The first kappa shape index (κ1) is 23.0. The van der Waals surface area contributed by atoms with E-state index in [0.717, 1.165) is 36.1 Å². The fourth-order valence-electron chi connectivity index (χ4n) is 3.73. The Morgan fingerprint density at radius 2 is 1.91 bits per heavy atom. The minimum absolute atomic E-state index is 0.0322. The molecule has 2 amide bonds. The SMILES string of the molecule is CC(Sc1cccc(NC(=O)c2ccccc2F)c1)C(=O)Nc1sc2c(c1C#N)CCCC2. The lowest BCUT2D eigenvalue weighted by Crippen LogP contribution is -2.22. The van der Waals surface area contributed by atoms with Crippen LogP contribution >= 0.6 is 23.1 Å². The molecular weight excluding hydrogens is 457 g/mol. The summed E-state index contributed by atoms with van der Waals surface area (Å²) in [6, 6.07) is 15.1. The van der Waals surface area contributed by atoms with E-state index in [-0.39, 0.29) is 11.5 Å². The van der Waals surface area contributed by atoms with Gasteiger partial charge in [-0.2, -0.15) is 5.26 Å². The van der Waals surface area contributed by atoms with Gasteiger partial charge in [0.2, 0.25) is 5.91 Å². The Morgan fingerprint density at radius 1 is 1.12 bits per heavy atom. The Bertz CT molecular complexity index is 1250. The van der Waals surface area contributed by atoms with Crippen molar-refractivity contribution in [2.75, 3.05) is 10.6 Å². The third-order valence-corrected chi connectivity index (χ3v) is 7.71. The van der Waals surface area contributed by atoms with Crippen molar-refractivity contribution in [3.8, 4) is 6.07 Å². The summed E-state index contributed by atoms with van der Waals surface area (Å²) < 4.78 is 13.9. The molecule has 0 radical (unpaired) electrons. The molecular formula is C25H22FN3O2S2. The van der Waals surface area contributed by atoms with Crippen molar-refractivity contribution in [3.63, 3.8) is 0 Å². The number of nitrogens with zero attached hydrogens (tertiary/aromatic N) is 1. The number of nitrogens with one attached hydrogen (secondary N) is 2. The van der Waals surface area contributed by atoms with E-state index < -0.39 is 17.0 Å². The predicted octanol–water partition coefficient (Wildman–Crippen LogP) is 6.01. The van der Waals surface area contributed by atoms with Gasteiger partial charge in [0.05, 0.1) is 16.4 Å². The molecule has 1 aliphatic carbocycles. The van der Waals surface area contributed by atoms with E-state index in [9.17, 15) is 19.2 Å². The highest BCUT2D eigenvalue weighted by atomic mass is 32.2. The topological polar surface area (TPSA) is 82.0 Å². The molecule has 0 aliphatic heterocycles. The van der Waals surface area contributed by atoms with Gasteiger partial charge in [0, 0.05) is 15.5 Å². The van der Waals surface area contributed by atoms with Crippen molar-refractivity contribution in [2.45, 2.75) is 42.8 Å². The minimum atomic E-state index is -0.585. The van der Waals surface area contributed by atoms with Crippen LogP contribution in [-0.2, 0) is 17.6 Å². The lowest BCUT2D eigenvalue weighted by atomic mass is 9.96. The Labute approximate surface area is 200 Å². The van der Waals surface area contributed by atoms with Crippen molar-refractivity contribution >= 4 is 45.6 Å². The van der Waals surface area contributed by atoms with Crippen LogP contribution in [-0.4, -0.2) is 17.1 Å². The fraction of sp³-hybridized carbons (Fsp3) is 0.240. The number of thioether (sulfide) groups is 1. The summed E-state index contributed by atoms with van der Waals surface area (Å²) in [6.07, 6.45) is 4.03. The number of carbonyl (C=O) groups is 2. The highest BCUT2D eigenvalue weighted by Gasteiger charge is 2.23. The lowest BCUT2D eigenvalue weighted by molar-refractivity contribution is -0.115. The van der Waals surface area contributed by atoms with Crippen LogP contribution in [0.1, 0.15) is 46.1 Å². The van der Waals surface area contributed by atoms with Gasteiger partial charge in [0.15, 0.2) is 0 Å². The monoisotopic (exact) mass is 479 g/mol. The number of fused-ring (bicyclic) bond motifs is 1. The average molecular weight is 480 g/mol. The number of halogens is 1. The Balaban J connectivity index is 1.42. The molecule has 0 spiro atoms.